The van der Waals surface area contributed by atoms with Crippen molar-refractivity contribution in [2.45, 2.75) is 46.6 Å². The third-order valence-corrected chi connectivity index (χ3v) is 6.69. The van der Waals surface area contributed by atoms with Gasteiger partial charge in [0.1, 0.15) is 11.5 Å². The van der Waals surface area contributed by atoms with E-state index in [4.69, 9.17) is 14.2 Å². The molecule has 0 bridgehead atoms. The SMILES string of the molecule is CCCOc1cccc(/C(O)=C2\C(=O)C(=O)N(CCCN(CC)CC)C2c2ccc(OCC)c(OC)c2)c1. The molecule has 0 aliphatic carbocycles. The van der Waals surface area contributed by atoms with Gasteiger partial charge < -0.3 is 29.1 Å². The van der Waals surface area contributed by atoms with Gasteiger partial charge in [0.15, 0.2) is 11.5 Å². The summed E-state index contributed by atoms with van der Waals surface area (Å²) in [5.74, 6) is 0.0921. The summed E-state index contributed by atoms with van der Waals surface area (Å²) in [6.45, 7) is 12.1. The van der Waals surface area contributed by atoms with Crippen molar-refractivity contribution >= 4 is 17.4 Å². The molecule has 2 aromatic rings. The zero-order chi connectivity index (χ0) is 27.7. The van der Waals surface area contributed by atoms with Crippen molar-refractivity contribution in [1.82, 2.24) is 9.80 Å². The first-order valence-corrected chi connectivity index (χ1v) is 13.4. The Morgan fingerprint density at radius 2 is 1.76 bits per heavy atom. The van der Waals surface area contributed by atoms with Crippen LogP contribution in [-0.2, 0) is 9.59 Å². The van der Waals surface area contributed by atoms with E-state index in [0.717, 1.165) is 26.1 Å². The number of nitrogens with zero attached hydrogens (tertiary/aromatic N) is 2. The van der Waals surface area contributed by atoms with Crippen molar-refractivity contribution in [2.24, 2.45) is 0 Å². The number of amides is 1. The van der Waals surface area contributed by atoms with Gasteiger partial charge in [0, 0.05) is 12.1 Å². The number of hydrogen-bond acceptors (Lipinski definition) is 7. The molecule has 0 aromatic heterocycles. The fourth-order valence-electron chi connectivity index (χ4n) is 4.70. The van der Waals surface area contributed by atoms with E-state index in [9.17, 15) is 14.7 Å². The fraction of sp³-hybridized carbons (Fsp3) is 0.467. The number of Topliss-reactive ketones (excluding diaryl/α,β-unsaturated/α-hetero) is 1. The Balaban J connectivity index is 2.09. The lowest BCUT2D eigenvalue weighted by atomic mass is 9.95. The van der Waals surface area contributed by atoms with Crippen LogP contribution in [-0.4, -0.2) is 73.1 Å². The molecule has 1 aliphatic rings. The summed E-state index contributed by atoms with van der Waals surface area (Å²) < 4.78 is 16.9. The number of aliphatic hydroxyl groups excluding tert-OH is 1. The van der Waals surface area contributed by atoms with Gasteiger partial charge in [0.2, 0.25) is 0 Å². The Morgan fingerprint density at radius 1 is 1.00 bits per heavy atom. The predicted octanol–water partition coefficient (Wildman–Crippen LogP) is 5.04. The molecule has 206 valence electrons. The second-order valence-corrected chi connectivity index (χ2v) is 9.09. The molecular formula is C30H40N2O6. The molecule has 38 heavy (non-hydrogen) atoms. The van der Waals surface area contributed by atoms with Crippen LogP contribution in [0, 0.1) is 0 Å². The van der Waals surface area contributed by atoms with Gasteiger partial charge in [-0.2, -0.15) is 0 Å². The van der Waals surface area contributed by atoms with E-state index in [1.807, 2.05) is 19.9 Å². The summed E-state index contributed by atoms with van der Waals surface area (Å²) in [5, 5.41) is 11.4. The van der Waals surface area contributed by atoms with Crippen LogP contribution in [0.15, 0.2) is 48.0 Å². The van der Waals surface area contributed by atoms with Crippen LogP contribution in [0.2, 0.25) is 0 Å². The molecule has 8 nitrogen and oxygen atoms in total. The summed E-state index contributed by atoms with van der Waals surface area (Å²) in [4.78, 5) is 30.5. The third-order valence-electron chi connectivity index (χ3n) is 6.69. The lowest BCUT2D eigenvalue weighted by Gasteiger charge is -2.27. The van der Waals surface area contributed by atoms with Crippen LogP contribution in [0.25, 0.3) is 5.76 Å². The highest BCUT2D eigenvalue weighted by molar-refractivity contribution is 6.46. The van der Waals surface area contributed by atoms with E-state index in [1.165, 1.54) is 0 Å². The summed E-state index contributed by atoms with van der Waals surface area (Å²) in [6, 6.07) is 11.5. The van der Waals surface area contributed by atoms with Crippen LogP contribution >= 0.6 is 0 Å². The molecule has 1 fully saturated rings. The maximum atomic E-state index is 13.4. The summed E-state index contributed by atoms with van der Waals surface area (Å²) in [6.07, 6.45) is 1.54. The van der Waals surface area contributed by atoms with Crippen molar-refractivity contribution < 1.29 is 28.9 Å². The van der Waals surface area contributed by atoms with Crippen LogP contribution in [0.5, 0.6) is 17.2 Å². The van der Waals surface area contributed by atoms with Crippen molar-refractivity contribution in [3.63, 3.8) is 0 Å². The second-order valence-electron chi connectivity index (χ2n) is 9.09. The molecule has 2 aromatic carbocycles. The Hall–Kier alpha value is -3.52. The van der Waals surface area contributed by atoms with Gasteiger partial charge in [-0.3, -0.25) is 9.59 Å². The second kappa shape index (κ2) is 13.9. The number of ether oxygens (including phenoxy) is 3. The lowest BCUT2D eigenvalue weighted by molar-refractivity contribution is -0.140. The van der Waals surface area contributed by atoms with Gasteiger partial charge in [0.05, 0.1) is 31.9 Å². The molecule has 0 spiro atoms. The zero-order valence-corrected chi connectivity index (χ0v) is 23.2. The van der Waals surface area contributed by atoms with E-state index >= 15 is 0 Å². The molecule has 1 atom stereocenters. The van der Waals surface area contributed by atoms with E-state index in [2.05, 4.69) is 18.7 Å². The van der Waals surface area contributed by atoms with Gasteiger partial charge in [0.25, 0.3) is 11.7 Å². The molecule has 1 unspecified atom stereocenters. The van der Waals surface area contributed by atoms with E-state index in [-0.39, 0.29) is 11.3 Å². The maximum absolute atomic E-state index is 13.4. The summed E-state index contributed by atoms with van der Waals surface area (Å²) in [5.41, 5.74) is 1.13. The van der Waals surface area contributed by atoms with Crippen LogP contribution in [0.4, 0.5) is 0 Å². The highest BCUT2D eigenvalue weighted by Crippen LogP contribution is 2.42. The normalized spacial score (nSPS) is 16.8. The molecule has 1 saturated heterocycles. The highest BCUT2D eigenvalue weighted by Gasteiger charge is 2.46. The number of ketones is 1. The number of hydrogen-bond donors (Lipinski definition) is 1. The quantitative estimate of drug-likeness (QED) is 0.211. The van der Waals surface area contributed by atoms with Gasteiger partial charge >= 0.3 is 0 Å². The monoisotopic (exact) mass is 524 g/mol. The number of methoxy groups -OCH3 is 1. The minimum Gasteiger partial charge on any atom is -0.507 e. The van der Waals surface area contributed by atoms with Crippen molar-refractivity contribution in [1.29, 1.82) is 0 Å². The molecule has 1 aliphatic heterocycles. The van der Waals surface area contributed by atoms with Gasteiger partial charge in [-0.25, -0.2) is 0 Å². The predicted molar refractivity (Wildman–Crippen MR) is 148 cm³/mol. The first-order chi connectivity index (χ1) is 18.4. The van der Waals surface area contributed by atoms with Crippen LogP contribution in [0.1, 0.15) is 57.7 Å². The van der Waals surface area contributed by atoms with Gasteiger partial charge in [-0.05, 0) is 69.2 Å². The molecule has 8 heteroatoms. The molecule has 1 amide bonds. The molecular weight excluding hydrogens is 484 g/mol. The molecule has 3 rings (SSSR count). The smallest absolute Gasteiger partial charge is 0.295 e. The largest absolute Gasteiger partial charge is 0.507 e. The summed E-state index contributed by atoms with van der Waals surface area (Å²) >= 11 is 0. The van der Waals surface area contributed by atoms with Gasteiger partial charge in [-0.1, -0.05) is 39.0 Å². The van der Waals surface area contributed by atoms with Gasteiger partial charge in [-0.15, -0.1) is 0 Å². The zero-order valence-electron chi connectivity index (χ0n) is 23.2. The average molecular weight is 525 g/mol. The first-order valence-electron chi connectivity index (χ1n) is 13.4. The highest BCUT2D eigenvalue weighted by atomic mass is 16.5. The standard InChI is InChI=1S/C30H40N2O6/c1-6-18-38-23-13-10-12-22(19-23)28(33)26-27(21-14-15-24(37-9-4)25(20-21)36-5)32(30(35)29(26)34)17-11-16-31(7-2)8-3/h10,12-15,19-20,27,33H,6-9,11,16-18H2,1-5H3/b28-26+. The third kappa shape index (κ3) is 6.48. The molecule has 0 saturated carbocycles. The minimum absolute atomic E-state index is 0.0525. The molecule has 1 N–H and O–H groups in total. The summed E-state index contributed by atoms with van der Waals surface area (Å²) in [7, 11) is 1.55. The number of likely N-dealkylation sites (tertiary alicyclic amines) is 1. The van der Waals surface area contributed by atoms with Crippen molar-refractivity contribution in [2.75, 3.05) is 46.5 Å². The van der Waals surface area contributed by atoms with E-state index in [1.54, 1.807) is 48.4 Å². The Bertz CT molecular complexity index is 1140. The Kier molecular flexibility index (Phi) is 10.6. The Labute approximate surface area is 225 Å². The fourth-order valence-corrected chi connectivity index (χ4v) is 4.70. The number of aliphatic hydroxyl groups is 1. The average Bonchev–Trinajstić information content (AvgIpc) is 3.19. The molecule has 1 heterocycles. The molecule has 0 radical (unpaired) electrons. The van der Waals surface area contributed by atoms with E-state index < -0.39 is 17.7 Å². The topological polar surface area (TPSA) is 88.5 Å². The van der Waals surface area contributed by atoms with E-state index in [0.29, 0.717) is 54.6 Å². The minimum atomic E-state index is -0.767. The first kappa shape index (κ1) is 29.0. The van der Waals surface area contributed by atoms with Crippen LogP contribution < -0.4 is 14.2 Å². The number of benzene rings is 2. The number of carbonyl (C=O) groups excluding carboxylic acids is 2. The van der Waals surface area contributed by atoms with Crippen molar-refractivity contribution in [3.8, 4) is 17.2 Å². The number of rotatable bonds is 14. The van der Waals surface area contributed by atoms with Crippen molar-refractivity contribution in [3.05, 3.63) is 59.2 Å². The number of carbonyl (C=O) groups is 2. The Morgan fingerprint density at radius 3 is 2.42 bits per heavy atom. The lowest BCUT2D eigenvalue weighted by Crippen LogP contribution is -2.33. The maximum Gasteiger partial charge on any atom is 0.295 e. The van der Waals surface area contributed by atoms with Crippen LogP contribution in [0.3, 0.4) is 0 Å².